The third-order valence-corrected chi connectivity index (χ3v) is 12.1. The Morgan fingerprint density at radius 2 is 1.68 bits per heavy atom. The Labute approximate surface area is 357 Å². The van der Waals surface area contributed by atoms with Crippen LogP contribution in [0.25, 0.3) is 0 Å². The maximum Gasteiger partial charge on any atom is 0.302 e. The van der Waals surface area contributed by atoms with Gasteiger partial charge in [0.15, 0.2) is 5.78 Å². The Morgan fingerprint density at radius 1 is 1.00 bits per heavy atom. The maximum absolute atomic E-state index is 13.3. The first-order chi connectivity index (χ1) is 27.6. The minimum Gasteiger partial charge on any atom is -0.489 e. The number of amides is 3. The molecule has 4 rings (SSSR count). The van der Waals surface area contributed by atoms with Gasteiger partial charge in [-0.05, 0) is 102 Å². The van der Waals surface area contributed by atoms with Gasteiger partial charge in [-0.15, -0.1) is 0 Å². The van der Waals surface area contributed by atoms with Gasteiger partial charge in [0.1, 0.15) is 30.6 Å². The van der Waals surface area contributed by atoms with Crippen molar-refractivity contribution >= 4 is 45.4 Å². The van der Waals surface area contributed by atoms with E-state index in [1.54, 1.807) is 30.3 Å². The minimum atomic E-state index is -0.741. The number of nitrogens with zero attached hydrogens (tertiary/aromatic N) is 1. The van der Waals surface area contributed by atoms with Crippen LogP contribution in [0.4, 0.5) is 0 Å². The van der Waals surface area contributed by atoms with Gasteiger partial charge in [-0.2, -0.15) is 5.26 Å². The Hall–Kier alpha value is -4.72. The number of benzene rings is 2. The fourth-order valence-electron chi connectivity index (χ4n) is 8.79. The third-order valence-electron chi connectivity index (χ3n) is 11.5. The molecule has 59 heavy (non-hydrogen) atoms. The number of primary amides is 1. The van der Waals surface area contributed by atoms with Crippen LogP contribution in [-0.4, -0.2) is 67.0 Å². The van der Waals surface area contributed by atoms with E-state index in [1.807, 2.05) is 32.9 Å². The molecule has 0 radical (unpaired) electrons. The molecule has 0 spiro atoms. The monoisotopic (exact) mass is 874 g/mol. The van der Waals surface area contributed by atoms with Crippen LogP contribution in [0.15, 0.2) is 46.9 Å². The van der Waals surface area contributed by atoms with Crippen LogP contribution >= 0.6 is 15.9 Å². The highest BCUT2D eigenvalue weighted by atomic mass is 79.9. The molecule has 0 saturated heterocycles. The zero-order valence-electron chi connectivity index (χ0n) is 35.5. The van der Waals surface area contributed by atoms with Gasteiger partial charge in [0.05, 0.1) is 11.6 Å². The van der Waals surface area contributed by atoms with E-state index in [9.17, 15) is 29.2 Å². The van der Waals surface area contributed by atoms with E-state index in [2.05, 4.69) is 72.2 Å². The molecule has 12 nitrogen and oxygen atoms in total. The molecule has 4 atom stereocenters. The van der Waals surface area contributed by atoms with E-state index < -0.39 is 35.4 Å². The SMILES string of the molecule is CC(=O)O[C@H]1CC(CCC(=O)[C@@H](NC(=O)COCCCCC#Cc2ccc(C(=O)NC3C(C)(C)C(Oc4ccc(C#N)c(Br)c4)C3(C)C)cc2)C(C)(C)C)[C@@H](C(N)=O)C1. The Balaban J connectivity index is 1.15. The van der Waals surface area contributed by atoms with Gasteiger partial charge in [0.2, 0.25) is 11.8 Å². The number of hydrogen-bond acceptors (Lipinski definition) is 9. The molecule has 2 saturated carbocycles. The van der Waals surface area contributed by atoms with E-state index >= 15 is 0 Å². The summed E-state index contributed by atoms with van der Waals surface area (Å²) < 4.78 is 18.0. The van der Waals surface area contributed by atoms with Crippen LogP contribution < -0.4 is 21.1 Å². The van der Waals surface area contributed by atoms with Gasteiger partial charge in [-0.25, -0.2) is 0 Å². The lowest BCUT2D eigenvalue weighted by molar-refractivity contribution is -0.164. The molecule has 0 aliphatic heterocycles. The van der Waals surface area contributed by atoms with Crippen LogP contribution in [0.1, 0.15) is 122 Å². The van der Waals surface area contributed by atoms with Crippen LogP contribution in [-0.2, 0) is 28.7 Å². The average molecular weight is 876 g/mol. The second-order valence-corrected chi connectivity index (χ2v) is 18.9. The third kappa shape index (κ3) is 12.4. The van der Waals surface area contributed by atoms with Crippen molar-refractivity contribution in [2.75, 3.05) is 13.2 Å². The molecule has 2 aromatic rings. The van der Waals surface area contributed by atoms with Crippen molar-refractivity contribution in [1.82, 2.24) is 10.6 Å². The Bertz CT molecular complexity index is 1950. The molecule has 2 aliphatic rings. The number of unbranched alkanes of at least 4 members (excludes halogenated alkanes) is 2. The van der Waals surface area contributed by atoms with Gasteiger partial charge in [0, 0.05) is 64.8 Å². The predicted octanol–water partition coefficient (Wildman–Crippen LogP) is 6.79. The normalized spacial score (nSPS) is 22.0. The largest absolute Gasteiger partial charge is 0.489 e. The standard InChI is InChI=1S/C46H59BrN4O8/c1-28(52)58-34-23-31(35(24-34)40(49)55)19-21-37(53)39(44(2,3)4)50-38(54)27-57-22-12-10-9-11-13-29-14-16-30(17-15-29)41(56)51-42-45(5,6)43(46(42,7)8)59-33-20-18-32(26-48)36(47)25-33/h14-18,20,25,31,34-35,39,42-43H,9-10,12,19,21-24,27H2,1-8H3,(H2,49,55)(H,50,54)(H,51,56)/t31?,34-,35-,39+,42?,43?/m0/s1. The second-order valence-electron chi connectivity index (χ2n) is 18.0. The molecule has 0 heterocycles. The van der Waals surface area contributed by atoms with Gasteiger partial charge >= 0.3 is 5.97 Å². The lowest BCUT2D eigenvalue weighted by Gasteiger charge is -2.63. The fraction of sp³-hybridized carbons (Fsp3) is 0.565. The summed E-state index contributed by atoms with van der Waals surface area (Å²) in [5.41, 5.74) is 6.22. The summed E-state index contributed by atoms with van der Waals surface area (Å²) in [6.45, 7) is 15.5. The average Bonchev–Trinajstić information content (AvgIpc) is 3.56. The highest BCUT2D eigenvalue weighted by molar-refractivity contribution is 9.10. The molecule has 318 valence electrons. The molecule has 1 unspecified atom stereocenters. The molecule has 2 aromatic carbocycles. The molecule has 4 N–H and O–H groups in total. The van der Waals surface area contributed by atoms with Crippen molar-refractivity contribution in [2.45, 2.75) is 125 Å². The predicted molar refractivity (Wildman–Crippen MR) is 227 cm³/mol. The van der Waals surface area contributed by atoms with Gasteiger partial charge in [-0.1, -0.05) is 60.3 Å². The highest BCUT2D eigenvalue weighted by Crippen LogP contribution is 2.55. The lowest BCUT2D eigenvalue weighted by Crippen LogP contribution is -2.74. The van der Waals surface area contributed by atoms with E-state index in [0.717, 1.165) is 12.0 Å². The van der Waals surface area contributed by atoms with Crippen molar-refractivity contribution in [2.24, 2.45) is 33.8 Å². The van der Waals surface area contributed by atoms with Crippen LogP contribution in [0.5, 0.6) is 5.75 Å². The molecular weight excluding hydrogens is 816 g/mol. The molecular formula is C46H59BrN4O8. The summed E-state index contributed by atoms with van der Waals surface area (Å²) in [5, 5.41) is 15.3. The second kappa shape index (κ2) is 20.0. The van der Waals surface area contributed by atoms with Crippen molar-refractivity contribution < 1.29 is 38.2 Å². The number of Topliss-reactive ketones (excluding diaryl/α,β-unsaturated/α-hetero) is 1. The van der Waals surface area contributed by atoms with Crippen molar-refractivity contribution in [1.29, 1.82) is 5.26 Å². The summed E-state index contributed by atoms with van der Waals surface area (Å²) in [5.74, 6) is 4.75. The van der Waals surface area contributed by atoms with Crippen molar-refractivity contribution in [3.05, 3.63) is 63.6 Å². The minimum absolute atomic E-state index is 0.139. The van der Waals surface area contributed by atoms with Gasteiger partial charge in [-0.3, -0.25) is 24.0 Å². The van der Waals surface area contributed by atoms with Crippen LogP contribution in [0.3, 0.4) is 0 Å². The summed E-state index contributed by atoms with van der Waals surface area (Å²) >= 11 is 3.43. The van der Waals surface area contributed by atoms with Crippen LogP contribution in [0, 0.1) is 51.3 Å². The molecule has 3 amide bonds. The molecule has 2 fully saturated rings. The number of rotatable bonds is 17. The number of hydrogen-bond donors (Lipinski definition) is 3. The fourth-order valence-corrected chi connectivity index (χ4v) is 9.24. The van der Waals surface area contributed by atoms with E-state index in [0.29, 0.717) is 60.1 Å². The number of nitrogens with two attached hydrogens (primary N) is 1. The summed E-state index contributed by atoms with van der Waals surface area (Å²) in [6, 6.07) is 13.8. The number of ketones is 1. The topological polar surface area (TPSA) is 187 Å². The molecule has 2 aliphatic carbocycles. The number of nitriles is 1. The summed E-state index contributed by atoms with van der Waals surface area (Å²) in [4.78, 5) is 62.8. The van der Waals surface area contributed by atoms with Crippen LogP contribution in [0.2, 0.25) is 0 Å². The smallest absolute Gasteiger partial charge is 0.302 e. The molecule has 0 aromatic heterocycles. The zero-order chi connectivity index (χ0) is 43.7. The summed E-state index contributed by atoms with van der Waals surface area (Å²) in [7, 11) is 0. The van der Waals surface area contributed by atoms with Gasteiger partial charge in [0.25, 0.3) is 5.91 Å². The Kier molecular flexibility index (Phi) is 15.9. The summed E-state index contributed by atoms with van der Waals surface area (Å²) in [6.07, 6.45) is 2.92. The van der Waals surface area contributed by atoms with Gasteiger partial charge < -0.3 is 30.6 Å². The van der Waals surface area contributed by atoms with E-state index in [-0.39, 0.29) is 59.5 Å². The number of carbonyl (C=O) groups excluding carboxylic acids is 5. The number of ether oxygens (including phenoxy) is 3. The maximum atomic E-state index is 13.3. The number of carbonyl (C=O) groups is 5. The number of esters is 1. The number of nitrogens with one attached hydrogen (secondary N) is 2. The Morgan fingerprint density at radius 3 is 2.27 bits per heavy atom. The zero-order valence-corrected chi connectivity index (χ0v) is 37.1. The van der Waals surface area contributed by atoms with Crippen molar-refractivity contribution in [3.8, 4) is 23.7 Å². The first-order valence-corrected chi connectivity index (χ1v) is 21.1. The lowest BCUT2D eigenvalue weighted by atomic mass is 9.49. The first-order valence-electron chi connectivity index (χ1n) is 20.3. The first kappa shape index (κ1) is 47.0. The van der Waals surface area contributed by atoms with Crippen molar-refractivity contribution in [3.63, 3.8) is 0 Å². The quantitative estimate of drug-likeness (QED) is 0.0874. The molecule has 0 bridgehead atoms. The molecule has 13 heteroatoms. The van der Waals surface area contributed by atoms with E-state index in [4.69, 9.17) is 19.9 Å². The van der Waals surface area contributed by atoms with E-state index in [1.165, 1.54) is 6.92 Å². The highest BCUT2D eigenvalue weighted by Gasteiger charge is 2.64. The number of halogens is 1.